The van der Waals surface area contributed by atoms with Crippen LogP contribution in [0.2, 0.25) is 5.02 Å². The molecule has 0 fully saturated rings. The third kappa shape index (κ3) is 3.62. The molecule has 0 bridgehead atoms. The maximum Gasteiger partial charge on any atom is 0.266 e. The zero-order valence-electron chi connectivity index (χ0n) is 9.68. The molecule has 7 heteroatoms. The minimum absolute atomic E-state index is 0.148. The van der Waals surface area contributed by atoms with Gasteiger partial charge in [0.25, 0.3) is 3.79 Å². The van der Waals surface area contributed by atoms with Crippen molar-refractivity contribution < 1.29 is 4.74 Å². The maximum atomic E-state index is 5.91. The molecule has 1 atom stereocenters. The van der Waals surface area contributed by atoms with Gasteiger partial charge in [0, 0.05) is 15.9 Å². The topological polar surface area (TPSA) is 21.6 Å². The quantitative estimate of drug-likeness (QED) is 0.448. The van der Waals surface area contributed by atoms with Crippen molar-refractivity contribution in [3.8, 4) is 0 Å². The molecule has 0 saturated carbocycles. The summed E-state index contributed by atoms with van der Waals surface area (Å²) in [6.07, 6.45) is 0.738. The first-order chi connectivity index (χ1) is 8.87. The molecule has 0 aromatic heterocycles. The normalized spacial score (nSPS) is 23.7. The fraction of sp³-hybridized carbons (Fsp3) is 0.417. The molecular formula is C12H10Cl4INO. The lowest BCUT2D eigenvalue weighted by Crippen LogP contribution is -2.38. The van der Waals surface area contributed by atoms with Crippen LogP contribution < -0.4 is 0 Å². The van der Waals surface area contributed by atoms with Crippen LogP contribution >= 0.6 is 69.0 Å². The van der Waals surface area contributed by atoms with E-state index in [1.165, 1.54) is 0 Å². The van der Waals surface area contributed by atoms with E-state index in [-0.39, 0.29) is 5.90 Å². The van der Waals surface area contributed by atoms with Crippen molar-refractivity contribution in [2.24, 2.45) is 4.99 Å². The largest absolute Gasteiger partial charge is 0.478 e. The van der Waals surface area contributed by atoms with Crippen molar-refractivity contribution in [3.05, 3.63) is 34.9 Å². The Morgan fingerprint density at radius 3 is 2.42 bits per heavy atom. The van der Waals surface area contributed by atoms with Crippen molar-refractivity contribution in [2.75, 3.05) is 11.0 Å². The van der Waals surface area contributed by atoms with Crippen LogP contribution in [0, 0.1) is 0 Å². The first-order valence-corrected chi connectivity index (χ1v) is 8.53. The summed E-state index contributed by atoms with van der Waals surface area (Å²) in [6, 6.07) is 7.58. The first kappa shape index (κ1) is 16.0. The Labute approximate surface area is 145 Å². The fourth-order valence-corrected chi connectivity index (χ4v) is 3.30. The molecule has 1 unspecified atom stereocenters. The third-order valence-corrected chi connectivity index (χ3v) is 4.91. The fourth-order valence-electron chi connectivity index (χ4n) is 1.89. The van der Waals surface area contributed by atoms with Gasteiger partial charge in [0.1, 0.15) is 5.54 Å². The van der Waals surface area contributed by atoms with Gasteiger partial charge in [-0.25, -0.2) is 4.99 Å². The molecule has 0 spiro atoms. The van der Waals surface area contributed by atoms with Crippen LogP contribution in [0.1, 0.15) is 12.0 Å². The molecule has 19 heavy (non-hydrogen) atoms. The van der Waals surface area contributed by atoms with E-state index in [4.69, 9.17) is 51.1 Å². The molecule has 0 aliphatic carbocycles. The van der Waals surface area contributed by atoms with Crippen LogP contribution in [-0.2, 0) is 10.3 Å². The van der Waals surface area contributed by atoms with Crippen LogP contribution in [0.25, 0.3) is 0 Å². The predicted molar refractivity (Wildman–Crippen MR) is 90.3 cm³/mol. The zero-order valence-corrected chi connectivity index (χ0v) is 14.9. The van der Waals surface area contributed by atoms with Gasteiger partial charge in [0.2, 0.25) is 5.90 Å². The molecule has 1 aromatic carbocycles. The third-order valence-electron chi connectivity index (χ3n) is 2.92. The number of ether oxygens (including phenoxy) is 1. The van der Waals surface area contributed by atoms with Crippen LogP contribution in [0.3, 0.4) is 0 Å². The Hall–Kier alpha value is 0.580. The summed E-state index contributed by atoms with van der Waals surface area (Å²) in [5.74, 6) is 0.148. The smallest absolute Gasteiger partial charge is 0.266 e. The van der Waals surface area contributed by atoms with Gasteiger partial charge in [-0.15, -0.1) is 0 Å². The highest BCUT2D eigenvalue weighted by Crippen LogP contribution is 2.39. The molecule has 1 aromatic rings. The van der Waals surface area contributed by atoms with Crippen LogP contribution in [0.4, 0.5) is 0 Å². The van der Waals surface area contributed by atoms with Gasteiger partial charge >= 0.3 is 0 Å². The molecule has 0 amide bonds. The van der Waals surface area contributed by atoms with Gasteiger partial charge in [-0.05, 0) is 17.7 Å². The minimum atomic E-state index is -1.64. The average molecular weight is 453 g/mol. The van der Waals surface area contributed by atoms with E-state index in [2.05, 4.69) is 27.6 Å². The summed E-state index contributed by atoms with van der Waals surface area (Å²) in [5.41, 5.74) is 0.615. The molecule has 0 saturated heterocycles. The summed E-state index contributed by atoms with van der Waals surface area (Å²) >= 11 is 25.8. The second-order valence-corrected chi connectivity index (χ2v) is 7.67. The lowest BCUT2D eigenvalue weighted by molar-refractivity contribution is 0.221. The molecule has 0 N–H and O–H groups in total. The summed E-state index contributed by atoms with van der Waals surface area (Å²) in [5, 5.41) is 0.685. The number of hydrogen-bond donors (Lipinski definition) is 0. The van der Waals surface area contributed by atoms with E-state index in [1.807, 2.05) is 24.3 Å². The number of benzene rings is 1. The molecule has 1 aliphatic rings. The van der Waals surface area contributed by atoms with Crippen LogP contribution in [-0.4, -0.2) is 20.7 Å². The molecule has 104 valence electrons. The number of halogens is 5. The zero-order chi connectivity index (χ0) is 14.1. The highest BCUT2D eigenvalue weighted by molar-refractivity contribution is 14.1. The number of aliphatic imine (C=N–C) groups is 1. The minimum Gasteiger partial charge on any atom is -0.478 e. The Kier molecular flexibility index (Phi) is 5.16. The number of alkyl halides is 4. The lowest BCUT2D eigenvalue weighted by atomic mass is 9.89. The summed E-state index contributed by atoms with van der Waals surface area (Å²) < 4.78 is 4.50. The second kappa shape index (κ2) is 6.14. The van der Waals surface area contributed by atoms with Gasteiger partial charge in [-0.1, -0.05) is 81.1 Å². The second-order valence-electron chi connectivity index (χ2n) is 4.19. The van der Waals surface area contributed by atoms with E-state index in [9.17, 15) is 0 Å². The van der Waals surface area contributed by atoms with E-state index in [1.54, 1.807) is 0 Å². The highest BCUT2D eigenvalue weighted by atomic mass is 127. The summed E-state index contributed by atoms with van der Waals surface area (Å²) in [6.45, 7) is 0.471. The Balaban J connectivity index is 2.45. The molecule has 2 nitrogen and oxygen atoms in total. The number of hydrogen-bond acceptors (Lipinski definition) is 2. The van der Waals surface area contributed by atoms with Gasteiger partial charge in [-0.2, -0.15) is 0 Å². The molecule has 2 rings (SSSR count). The lowest BCUT2D eigenvalue weighted by Gasteiger charge is -2.34. The molecule has 1 aliphatic heterocycles. The monoisotopic (exact) mass is 451 g/mol. The van der Waals surface area contributed by atoms with Crippen molar-refractivity contribution >= 4 is 74.9 Å². The van der Waals surface area contributed by atoms with Crippen molar-refractivity contribution in [1.29, 1.82) is 0 Å². The van der Waals surface area contributed by atoms with Crippen LogP contribution in [0.15, 0.2) is 29.3 Å². The predicted octanol–water partition coefficient (Wildman–Crippen LogP) is 5.16. The summed E-state index contributed by atoms with van der Waals surface area (Å²) in [7, 11) is 0. The van der Waals surface area contributed by atoms with E-state index >= 15 is 0 Å². The van der Waals surface area contributed by atoms with E-state index in [0.717, 1.165) is 16.4 Å². The molecule has 1 heterocycles. The molecular weight excluding hydrogens is 443 g/mol. The Bertz CT molecular complexity index is 485. The standard InChI is InChI=1S/C12H10Cl4INO/c13-9-3-1-8(2-4-9)11(7-17)5-6-19-10(18-11)12(14,15)16/h1-4H,5-7H2. The highest BCUT2D eigenvalue weighted by Gasteiger charge is 2.40. The van der Waals surface area contributed by atoms with Gasteiger partial charge in [-0.3, -0.25) is 0 Å². The van der Waals surface area contributed by atoms with Gasteiger partial charge in [0.15, 0.2) is 0 Å². The van der Waals surface area contributed by atoms with Crippen molar-refractivity contribution in [1.82, 2.24) is 0 Å². The van der Waals surface area contributed by atoms with Crippen LogP contribution in [0.5, 0.6) is 0 Å². The molecule has 0 radical (unpaired) electrons. The van der Waals surface area contributed by atoms with Crippen molar-refractivity contribution in [3.63, 3.8) is 0 Å². The van der Waals surface area contributed by atoms with E-state index in [0.29, 0.717) is 11.6 Å². The Morgan fingerprint density at radius 2 is 1.89 bits per heavy atom. The SMILES string of the molecule is Clc1ccc(C2(CI)CCOC(C(Cl)(Cl)Cl)=N2)cc1. The summed E-state index contributed by atoms with van der Waals surface area (Å²) in [4.78, 5) is 4.55. The number of rotatable bonds is 2. The van der Waals surface area contributed by atoms with Gasteiger partial charge < -0.3 is 4.74 Å². The first-order valence-electron chi connectivity index (χ1n) is 5.49. The van der Waals surface area contributed by atoms with E-state index < -0.39 is 9.33 Å². The number of nitrogens with zero attached hydrogens (tertiary/aromatic N) is 1. The van der Waals surface area contributed by atoms with Crippen molar-refractivity contribution in [2.45, 2.75) is 15.8 Å². The average Bonchev–Trinajstić information content (AvgIpc) is 2.38. The van der Waals surface area contributed by atoms with Gasteiger partial charge in [0.05, 0.1) is 6.61 Å². The Morgan fingerprint density at radius 1 is 1.26 bits per heavy atom. The maximum absolute atomic E-state index is 5.91.